The minimum atomic E-state index is -0.485. The molecule has 100 valence electrons. The van der Waals surface area contributed by atoms with Gasteiger partial charge in [-0.2, -0.15) is 4.98 Å². The lowest BCUT2D eigenvalue weighted by molar-refractivity contribution is 0.0519. The van der Waals surface area contributed by atoms with Gasteiger partial charge in [-0.15, -0.1) is 0 Å². The van der Waals surface area contributed by atoms with Gasteiger partial charge in [0.1, 0.15) is 6.26 Å². The highest BCUT2D eigenvalue weighted by atomic mass is 16.5. The van der Waals surface area contributed by atoms with E-state index in [1.807, 2.05) is 24.3 Å². The minimum Gasteiger partial charge on any atom is -0.461 e. The van der Waals surface area contributed by atoms with Gasteiger partial charge in [-0.1, -0.05) is 19.1 Å². The number of aromatic nitrogens is 1. The molecule has 1 aromatic carbocycles. The highest BCUT2D eigenvalue weighted by molar-refractivity contribution is 5.87. The van der Waals surface area contributed by atoms with Gasteiger partial charge in [0, 0.05) is 5.69 Å². The summed E-state index contributed by atoms with van der Waals surface area (Å²) in [6, 6.07) is 8.19. The number of benzene rings is 1. The van der Waals surface area contributed by atoms with Crippen molar-refractivity contribution >= 4 is 17.7 Å². The number of carbonyl (C=O) groups is 1. The number of rotatable bonds is 5. The van der Waals surface area contributed by atoms with Crippen LogP contribution in [-0.2, 0) is 11.2 Å². The number of ether oxygens (including phenoxy) is 1. The Labute approximate surface area is 111 Å². The molecular weight excluding hydrogens is 244 g/mol. The number of carbonyl (C=O) groups excluding carboxylic acids is 1. The summed E-state index contributed by atoms with van der Waals surface area (Å²) in [5.41, 5.74) is 2.25. The SMILES string of the molecule is CCOC(=O)c1coc(Nc2cccc(CC)c2)n1. The molecule has 2 rings (SSSR count). The molecule has 1 heterocycles. The first kappa shape index (κ1) is 13.1. The number of nitrogens with zero attached hydrogens (tertiary/aromatic N) is 1. The van der Waals surface area contributed by atoms with E-state index in [0.29, 0.717) is 6.61 Å². The molecule has 0 aliphatic carbocycles. The second-order valence-electron chi connectivity index (χ2n) is 3.94. The number of esters is 1. The molecule has 0 radical (unpaired) electrons. The normalized spacial score (nSPS) is 10.2. The van der Waals surface area contributed by atoms with E-state index < -0.39 is 5.97 Å². The van der Waals surface area contributed by atoms with Crippen LogP contribution in [-0.4, -0.2) is 17.6 Å². The van der Waals surface area contributed by atoms with Crippen LogP contribution in [0.5, 0.6) is 0 Å². The minimum absolute atomic E-state index is 0.163. The lowest BCUT2D eigenvalue weighted by atomic mass is 10.1. The summed E-state index contributed by atoms with van der Waals surface area (Å²) in [4.78, 5) is 15.5. The summed E-state index contributed by atoms with van der Waals surface area (Å²) in [6.07, 6.45) is 2.24. The number of hydrogen-bond acceptors (Lipinski definition) is 5. The van der Waals surface area contributed by atoms with Crippen molar-refractivity contribution in [2.24, 2.45) is 0 Å². The molecule has 0 aliphatic heterocycles. The number of aryl methyl sites for hydroxylation is 1. The fourth-order valence-electron chi connectivity index (χ4n) is 1.62. The van der Waals surface area contributed by atoms with Crippen LogP contribution in [0.1, 0.15) is 29.9 Å². The molecule has 0 unspecified atom stereocenters. The monoisotopic (exact) mass is 260 g/mol. The van der Waals surface area contributed by atoms with Gasteiger partial charge in [0.2, 0.25) is 0 Å². The van der Waals surface area contributed by atoms with Gasteiger partial charge in [-0.25, -0.2) is 4.79 Å². The van der Waals surface area contributed by atoms with E-state index in [1.165, 1.54) is 11.8 Å². The Bertz CT molecular complexity index is 563. The first-order valence-corrected chi connectivity index (χ1v) is 6.21. The van der Waals surface area contributed by atoms with Crippen LogP contribution in [0.2, 0.25) is 0 Å². The largest absolute Gasteiger partial charge is 0.461 e. The van der Waals surface area contributed by atoms with Gasteiger partial charge >= 0.3 is 5.97 Å². The molecule has 0 bridgehead atoms. The molecule has 5 nitrogen and oxygen atoms in total. The third-order valence-electron chi connectivity index (χ3n) is 2.58. The van der Waals surface area contributed by atoms with Crippen LogP contribution in [0.3, 0.4) is 0 Å². The van der Waals surface area contributed by atoms with Crippen molar-refractivity contribution < 1.29 is 13.9 Å². The van der Waals surface area contributed by atoms with Crippen molar-refractivity contribution in [2.75, 3.05) is 11.9 Å². The van der Waals surface area contributed by atoms with Gasteiger partial charge < -0.3 is 14.5 Å². The molecule has 19 heavy (non-hydrogen) atoms. The molecule has 0 spiro atoms. The summed E-state index contributed by atoms with van der Waals surface area (Å²) in [6.45, 7) is 4.14. The molecule has 0 aliphatic rings. The summed E-state index contributed by atoms with van der Waals surface area (Å²) >= 11 is 0. The topological polar surface area (TPSA) is 64.4 Å². The number of hydrogen-bond donors (Lipinski definition) is 1. The van der Waals surface area contributed by atoms with Gasteiger partial charge in [0.15, 0.2) is 5.69 Å². The molecular formula is C14H16N2O3. The first-order valence-electron chi connectivity index (χ1n) is 6.21. The smallest absolute Gasteiger partial charge is 0.360 e. The average Bonchev–Trinajstić information content (AvgIpc) is 2.88. The highest BCUT2D eigenvalue weighted by Crippen LogP contribution is 2.17. The van der Waals surface area contributed by atoms with E-state index >= 15 is 0 Å². The standard InChI is InChI=1S/C14H16N2O3/c1-3-10-6-5-7-11(8-10)15-14-16-12(9-19-14)13(17)18-4-2/h5-9H,3-4H2,1-2H3,(H,15,16). The lowest BCUT2D eigenvalue weighted by Crippen LogP contribution is -2.05. The maximum absolute atomic E-state index is 11.4. The molecule has 1 aromatic heterocycles. The van der Waals surface area contributed by atoms with Crippen LogP contribution in [0, 0.1) is 0 Å². The summed E-state index contributed by atoms with van der Waals surface area (Å²) < 4.78 is 10.0. The van der Waals surface area contributed by atoms with Gasteiger partial charge in [0.25, 0.3) is 6.01 Å². The van der Waals surface area contributed by atoms with Crippen molar-refractivity contribution in [3.8, 4) is 0 Å². The van der Waals surface area contributed by atoms with E-state index in [2.05, 4.69) is 17.2 Å². The first-order chi connectivity index (χ1) is 9.22. The predicted molar refractivity (Wildman–Crippen MR) is 71.6 cm³/mol. The number of nitrogens with one attached hydrogen (secondary N) is 1. The van der Waals surface area contributed by atoms with Crippen molar-refractivity contribution in [1.29, 1.82) is 0 Å². The Morgan fingerprint density at radius 3 is 3.00 bits per heavy atom. The zero-order valence-corrected chi connectivity index (χ0v) is 11.0. The zero-order chi connectivity index (χ0) is 13.7. The van der Waals surface area contributed by atoms with Crippen LogP contribution in [0.15, 0.2) is 34.9 Å². The molecule has 0 saturated carbocycles. The fourth-order valence-corrected chi connectivity index (χ4v) is 1.62. The maximum atomic E-state index is 11.4. The Balaban J connectivity index is 2.09. The van der Waals surface area contributed by atoms with Crippen molar-refractivity contribution in [1.82, 2.24) is 4.98 Å². The van der Waals surface area contributed by atoms with Gasteiger partial charge in [-0.3, -0.25) is 0 Å². The number of anilines is 2. The van der Waals surface area contributed by atoms with Crippen molar-refractivity contribution in [2.45, 2.75) is 20.3 Å². The average molecular weight is 260 g/mol. The quantitative estimate of drug-likeness (QED) is 0.836. The Morgan fingerprint density at radius 1 is 1.42 bits per heavy atom. The van der Waals surface area contributed by atoms with Crippen LogP contribution in [0.4, 0.5) is 11.7 Å². The van der Waals surface area contributed by atoms with E-state index in [-0.39, 0.29) is 11.7 Å². The molecule has 0 atom stereocenters. The fraction of sp³-hybridized carbons (Fsp3) is 0.286. The highest BCUT2D eigenvalue weighted by Gasteiger charge is 2.13. The number of oxazole rings is 1. The zero-order valence-electron chi connectivity index (χ0n) is 11.0. The third kappa shape index (κ3) is 3.34. The van der Waals surface area contributed by atoms with Crippen LogP contribution < -0.4 is 5.32 Å². The maximum Gasteiger partial charge on any atom is 0.360 e. The summed E-state index contributed by atoms with van der Waals surface area (Å²) in [5.74, 6) is -0.485. The summed E-state index contributed by atoms with van der Waals surface area (Å²) in [5, 5.41) is 3.01. The van der Waals surface area contributed by atoms with Gasteiger partial charge in [0.05, 0.1) is 6.61 Å². The van der Waals surface area contributed by atoms with E-state index in [4.69, 9.17) is 9.15 Å². The van der Waals surface area contributed by atoms with Crippen molar-refractivity contribution in [3.63, 3.8) is 0 Å². The molecule has 0 amide bonds. The Hall–Kier alpha value is -2.30. The Morgan fingerprint density at radius 2 is 2.26 bits per heavy atom. The van der Waals surface area contributed by atoms with Crippen molar-refractivity contribution in [3.05, 3.63) is 41.8 Å². The molecule has 2 aromatic rings. The van der Waals surface area contributed by atoms with Crippen LogP contribution in [0.25, 0.3) is 0 Å². The molecule has 5 heteroatoms. The second-order valence-corrected chi connectivity index (χ2v) is 3.94. The Kier molecular flexibility index (Phi) is 4.18. The van der Waals surface area contributed by atoms with E-state index in [1.54, 1.807) is 6.92 Å². The van der Waals surface area contributed by atoms with Crippen LogP contribution >= 0.6 is 0 Å². The van der Waals surface area contributed by atoms with E-state index in [9.17, 15) is 4.79 Å². The predicted octanol–water partition coefficient (Wildman–Crippen LogP) is 3.16. The lowest BCUT2D eigenvalue weighted by Gasteiger charge is -2.03. The molecule has 0 fully saturated rings. The molecule has 0 saturated heterocycles. The third-order valence-corrected chi connectivity index (χ3v) is 2.58. The van der Waals surface area contributed by atoms with Gasteiger partial charge in [-0.05, 0) is 31.0 Å². The second kappa shape index (κ2) is 6.04. The summed E-state index contributed by atoms with van der Waals surface area (Å²) in [7, 11) is 0. The van der Waals surface area contributed by atoms with E-state index in [0.717, 1.165) is 12.1 Å². The molecule has 1 N–H and O–H groups in total.